The zero-order chi connectivity index (χ0) is 38.6. The van der Waals surface area contributed by atoms with Crippen LogP contribution in [0.5, 0.6) is 0 Å². The molecule has 0 spiro atoms. The molecular formula is C41H84O9. The Hall–Kier alpha value is -1.71. The van der Waals surface area contributed by atoms with Gasteiger partial charge in [0, 0.05) is 24.7 Å². The average Bonchev–Trinajstić information content (AvgIpc) is 3.09. The van der Waals surface area contributed by atoms with Crippen LogP contribution in [0.25, 0.3) is 0 Å². The van der Waals surface area contributed by atoms with Gasteiger partial charge in [0.05, 0.1) is 19.8 Å². The van der Waals surface area contributed by atoms with Crippen LogP contribution in [0.4, 0.5) is 0 Å². The van der Waals surface area contributed by atoms with Gasteiger partial charge in [-0.1, -0.05) is 182 Å². The molecule has 9 heteroatoms. The lowest BCUT2D eigenvalue weighted by Gasteiger charge is -2.20. The molecule has 0 heterocycles. The van der Waals surface area contributed by atoms with Crippen LogP contribution in [0, 0.1) is 5.41 Å². The molecule has 0 fully saturated rings. The van der Waals surface area contributed by atoms with Gasteiger partial charge in [-0.15, -0.1) is 0 Å². The quantitative estimate of drug-likeness (QED) is 0.0361. The van der Waals surface area contributed by atoms with Crippen molar-refractivity contribution in [2.24, 2.45) is 5.41 Å². The van der Waals surface area contributed by atoms with Crippen molar-refractivity contribution in [2.45, 2.75) is 220 Å². The monoisotopic (exact) mass is 721 g/mol. The van der Waals surface area contributed by atoms with Crippen LogP contribution in [0.1, 0.15) is 220 Å². The molecule has 0 bridgehead atoms. The maximum atomic E-state index is 10.2. The molecule has 0 amide bonds. The zero-order valence-corrected chi connectivity index (χ0v) is 33.2. The van der Waals surface area contributed by atoms with Crippen LogP contribution in [-0.2, 0) is 14.4 Å². The highest BCUT2D eigenvalue weighted by Gasteiger charge is 2.20. The van der Waals surface area contributed by atoms with E-state index in [9.17, 15) is 14.4 Å². The van der Waals surface area contributed by atoms with Gasteiger partial charge in [-0.05, 0) is 19.3 Å². The number of aliphatic carboxylic acids is 3. The second-order valence-corrected chi connectivity index (χ2v) is 14.2. The molecule has 0 aromatic heterocycles. The number of aliphatic hydroxyl groups is 3. The minimum Gasteiger partial charge on any atom is -0.481 e. The molecule has 6 N–H and O–H groups in total. The topological polar surface area (TPSA) is 173 Å². The molecule has 0 aliphatic carbocycles. The first kappa shape index (κ1) is 55.1. The highest BCUT2D eigenvalue weighted by atomic mass is 16.4. The highest BCUT2D eigenvalue weighted by molar-refractivity contribution is 5.67. The normalized spacial score (nSPS) is 10.6. The van der Waals surface area contributed by atoms with Gasteiger partial charge < -0.3 is 30.6 Å². The highest BCUT2D eigenvalue weighted by Crippen LogP contribution is 2.13. The fourth-order valence-corrected chi connectivity index (χ4v) is 4.91. The molecule has 50 heavy (non-hydrogen) atoms. The van der Waals surface area contributed by atoms with Gasteiger partial charge in [-0.3, -0.25) is 14.4 Å². The SMILES string of the molecule is CC(CO)(CO)CO.CCCCCCCCCCCC(=O)O.CCCCCCCCCCCC(=O)O.CCCCCCCCCCCC(=O)O. The Morgan fingerprint density at radius 1 is 0.340 bits per heavy atom. The number of carboxylic acid groups (broad SMARTS) is 3. The van der Waals surface area contributed by atoms with E-state index in [1.165, 1.54) is 135 Å². The first-order chi connectivity index (χ1) is 24.0. The summed E-state index contributed by atoms with van der Waals surface area (Å²) in [5.74, 6) is -1.98. The predicted molar refractivity (Wildman–Crippen MR) is 208 cm³/mol. The second kappa shape index (κ2) is 47.3. The van der Waals surface area contributed by atoms with Gasteiger partial charge in [0.1, 0.15) is 0 Å². The van der Waals surface area contributed by atoms with Crippen molar-refractivity contribution in [1.82, 2.24) is 0 Å². The Labute approximate surface area is 308 Å². The number of unbranched alkanes of at least 4 members (excludes halogenated alkanes) is 24. The molecule has 0 atom stereocenters. The molecule has 0 aromatic rings. The number of rotatable bonds is 33. The Morgan fingerprint density at radius 2 is 0.500 bits per heavy atom. The number of hydrogen-bond acceptors (Lipinski definition) is 6. The third kappa shape index (κ3) is 58.5. The van der Waals surface area contributed by atoms with E-state index in [0.29, 0.717) is 19.3 Å². The minimum absolute atomic E-state index is 0.181. The Balaban J connectivity index is -0.000000287. The fourth-order valence-electron chi connectivity index (χ4n) is 4.91. The minimum atomic E-state index is -0.708. The maximum Gasteiger partial charge on any atom is 0.303 e. The molecule has 0 unspecified atom stereocenters. The van der Waals surface area contributed by atoms with Crippen molar-refractivity contribution in [2.75, 3.05) is 19.8 Å². The van der Waals surface area contributed by atoms with Crippen molar-refractivity contribution in [3.8, 4) is 0 Å². The lowest BCUT2D eigenvalue weighted by molar-refractivity contribution is -0.138. The molecular weight excluding hydrogens is 636 g/mol. The van der Waals surface area contributed by atoms with Crippen LogP contribution >= 0.6 is 0 Å². The average molecular weight is 721 g/mol. The number of aliphatic hydroxyl groups excluding tert-OH is 3. The van der Waals surface area contributed by atoms with Gasteiger partial charge in [0.2, 0.25) is 0 Å². The summed E-state index contributed by atoms with van der Waals surface area (Å²) in [4.78, 5) is 30.6. The number of carbonyl (C=O) groups is 3. The Morgan fingerprint density at radius 3 is 0.620 bits per heavy atom. The number of hydrogen-bond donors (Lipinski definition) is 6. The summed E-state index contributed by atoms with van der Waals surface area (Å²) in [7, 11) is 0. The molecule has 0 aliphatic heterocycles. The van der Waals surface area contributed by atoms with Crippen LogP contribution in [0.2, 0.25) is 0 Å². The van der Waals surface area contributed by atoms with Crippen molar-refractivity contribution >= 4 is 17.9 Å². The van der Waals surface area contributed by atoms with E-state index in [-0.39, 0.29) is 19.8 Å². The molecule has 0 rings (SSSR count). The van der Waals surface area contributed by atoms with Crippen LogP contribution in [0.15, 0.2) is 0 Å². The smallest absolute Gasteiger partial charge is 0.303 e. The van der Waals surface area contributed by atoms with E-state index in [4.69, 9.17) is 30.6 Å². The first-order valence-electron chi connectivity index (χ1n) is 20.5. The van der Waals surface area contributed by atoms with E-state index in [0.717, 1.165) is 38.5 Å². The molecule has 0 saturated heterocycles. The summed E-state index contributed by atoms with van der Waals surface area (Å²) in [6, 6.07) is 0. The predicted octanol–water partition coefficient (Wildman–Crippen LogP) is 10.9. The second-order valence-electron chi connectivity index (χ2n) is 14.2. The Kier molecular flexibility index (Phi) is 52.1. The van der Waals surface area contributed by atoms with Crippen molar-refractivity contribution in [3.05, 3.63) is 0 Å². The Bertz CT molecular complexity index is 597. The molecule has 302 valence electrons. The summed E-state index contributed by atoms with van der Waals surface area (Å²) in [5.41, 5.74) is -0.708. The summed E-state index contributed by atoms with van der Waals surface area (Å²) in [5, 5.41) is 50.6. The van der Waals surface area contributed by atoms with E-state index in [1.807, 2.05) is 0 Å². The van der Waals surface area contributed by atoms with Gasteiger partial charge >= 0.3 is 17.9 Å². The van der Waals surface area contributed by atoms with Crippen molar-refractivity contribution < 1.29 is 45.0 Å². The van der Waals surface area contributed by atoms with Crippen molar-refractivity contribution in [1.29, 1.82) is 0 Å². The molecule has 0 aromatic carbocycles. The summed E-state index contributed by atoms with van der Waals surface area (Å²) < 4.78 is 0. The molecule has 0 saturated carbocycles. The number of carboxylic acids is 3. The third-order valence-corrected chi connectivity index (χ3v) is 8.63. The molecule has 0 aliphatic rings. The van der Waals surface area contributed by atoms with E-state index in [1.54, 1.807) is 6.92 Å². The standard InChI is InChI=1S/3C12H24O2.C5H12O3/c3*1-2-3-4-5-6-7-8-9-10-11-12(13)14;1-5(2-6,3-7)4-8/h3*2-11H2,1H3,(H,13,14);6-8H,2-4H2,1H3. The van der Waals surface area contributed by atoms with Gasteiger partial charge in [0.15, 0.2) is 0 Å². The van der Waals surface area contributed by atoms with Gasteiger partial charge in [0.25, 0.3) is 0 Å². The maximum absolute atomic E-state index is 10.2. The van der Waals surface area contributed by atoms with Gasteiger partial charge in [-0.2, -0.15) is 0 Å². The third-order valence-electron chi connectivity index (χ3n) is 8.63. The largest absolute Gasteiger partial charge is 0.481 e. The fraction of sp³-hybridized carbons (Fsp3) is 0.927. The van der Waals surface area contributed by atoms with Crippen LogP contribution < -0.4 is 0 Å². The van der Waals surface area contributed by atoms with Crippen LogP contribution in [0.3, 0.4) is 0 Å². The first-order valence-corrected chi connectivity index (χ1v) is 20.5. The van der Waals surface area contributed by atoms with E-state index < -0.39 is 23.3 Å². The molecule has 9 nitrogen and oxygen atoms in total. The van der Waals surface area contributed by atoms with Crippen molar-refractivity contribution in [3.63, 3.8) is 0 Å². The summed E-state index contributed by atoms with van der Waals surface area (Å²) >= 11 is 0. The lowest BCUT2D eigenvalue weighted by Crippen LogP contribution is -2.29. The summed E-state index contributed by atoms with van der Waals surface area (Å²) in [6.45, 7) is 7.75. The van der Waals surface area contributed by atoms with E-state index in [2.05, 4.69) is 20.8 Å². The van der Waals surface area contributed by atoms with Gasteiger partial charge in [-0.25, -0.2) is 0 Å². The van der Waals surface area contributed by atoms with E-state index >= 15 is 0 Å². The summed E-state index contributed by atoms with van der Waals surface area (Å²) in [6.07, 6.45) is 34.4. The zero-order valence-electron chi connectivity index (χ0n) is 33.2. The lowest BCUT2D eigenvalue weighted by atomic mass is 9.95. The molecule has 0 radical (unpaired) electrons. The van der Waals surface area contributed by atoms with Crippen LogP contribution in [-0.4, -0.2) is 68.4 Å².